The van der Waals surface area contributed by atoms with E-state index in [4.69, 9.17) is 35.0 Å². The summed E-state index contributed by atoms with van der Waals surface area (Å²) in [5.74, 6) is -2.16. The third kappa shape index (κ3) is 7.30. The Hall–Kier alpha value is -4.82. The number of aromatic nitrogens is 1. The first-order valence-electron chi connectivity index (χ1n) is 15.3. The number of carbonyl (C=O) groups excluding carboxylic acids is 2. The molecule has 1 saturated heterocycles. The second-order valence-electron chi connectivity index (χ2n) is 12.4. The number of phenolic OH excluding ortho intramolecular Hbond substituents is 1. The molecule has 4 atom stereocenters. The van der Waals surface area contributed by atoms with Gasteiger partial charge in [0.1, 0.15) is 28.3 Å². The van der Waals surface area contributed by atoms with Crippen molar-refractivity contribution in [3.05, 3.63) is 92.1 Å². The van der Waals surface area contributed by atoms with E-state index >= 15 is 0 Å². The second-order valence-corrected chi connectivity index (χ2v) is 12.8. The molecule has 5 N–H and O–H groups in total. The molecule has 1 fully saturated rings. The number of phenols is 1. The number of allylic oxidation sites excluding steroid dienone is 2. The fourth-order valence-corrected chi connectivity index (χ4v) is 5.78. The zero-order chi connectivity index (χ0) is 35.8. The summed E-state index contributed by atoms with van der Waals surface area (Å²) in [6.45, 7) is 8.92. The van der Waals surface area contributed by atoms with Crippen molar-refractivity contribution in [3.63, 3.8) is 0 Å². The van der Waals surface area contributed by atoms with Gasteiger partial charge in [-0.25, -0.2) is 9.59 Å². The number of aromatic amines is 1. The summed E-state index contributed by atoms with van der Waals surface area (Å²) in [7, 11) is 1.39. The molecule has 0 saturated carbocycles. The number of carbonyl (C=O) groups is 2. The van der Waals surface area contributed by atoms with E-state index in [9.17, 15) is 29.7 Å². The molecule has 2 aromatic carbocycles. The number of aromatic hydroxyl groups is 2. The van der Waals surface area contributed by atoms with Crippen LogP contribution in [0, 0.1) is 6.92 Å². The molecule has 0 spiro atoms. The lowest BCUT2D eigenvalue weighted by atomic mass is 9.89. The average Bonchev–Trinajstić information content (AvgIpc) is 3.48. The lowest BCUT2D eigenvalue weighted by Gasteiger charge is -2.47. The molecule has 5 rings (SSSR count). The molecular formula is C35H37ClN2O11. The van der Waals surface area contributed by atoms with E-state index in [1.54, 1.807) is 32.9 Å². The number of hydrogen-bond donors (Lipinski definition) is 5. The van der Waals surface area contributed by atoms with Gasteiger partial charge in [-0.05, 0) is 89.1 Å². The van der Waals surface area contributed by atoms with E-state index in [0.29, 0.717) is 12.0 Å². The Morgan fingerprint density at radius 2 is 1.86 bits per heavy atom. The van der Waals surface area contributed by atoms with Crippen molar-refractivity contribution in [1.29, 1.82) is 0 Å². The Balaban J connectivity index is 1.40. The number of benzene rings is 2. The van der Waals surface area contributed by atoms with Gasteiger partial charge in [-0.2, -0.15) is 0 Å². The van der Waals surface area contributed by atoms with Crippen LogP contribution < -0.4 is 15.7 Å². The molecule has 260 valence electrons. The molecule has 0 aliphatic carbocycles. The number of aliphatic hydroxyl groups is 1. The second kappa shape index (κ2) is 14.0. The topological polar surface area (TPSA) is 190 Å². The number of methoxy groups -OCH3 is 1. The van der Waals surface area contributed by atoms with Crippen LogP contribution in [0.3, 0.4) is 0 Å². The highest BCUT2D eigenvalue weighted by Crippen LogP contribution is 2.41. The van der Waals surface area contributed by atoms with Crippen LogP contribution in [0.15, 0.2) is 63.3 Å². The summed E-state index contributed by atoms with van der Waals surface area (Å²) >= 11 is 6.58. The molecule has 0 unspecified atom stereocenters. The zero-order valence-corrected chi connectivity index (χ0v) is 28.4. The lowest BCUT2D eigenvalue weighted by molar-refractivity contribution is -0.305. The monoisotopic (exact) mass is 696 g/mol. The number of nitrogens with one attached hydrogen (secondary N) is 2. The Morgan fingerprint density at radius 1 is 1.12 bits per heavy atom. The third-order valence-corrected chi connectivity index (χ3v) is 8.43. The fourth-order valence-electron chi connectivity index (χ4n) is 5.53. The first-order chi connectivity index (χ1) is 23.1. The van der Waals surface area contributed by atoms with Crippen molar-refractivity contribution in [2.45, 2.75) is 71.2 Å². The molecule has 1 amide bonds. The van der Waals surface area contributed by atoms with Gasteiger partial charge >= 0.3 is 11.6 Å². The molecular weight excluding hydrogens is 660 g/mol. The number of H-pyrrole nitrogens is 1. The SMILES string of the molecule is CO[C@H]1[C@@H](OC(=O)c2ccc(C)[nH]2)[C@@H](O)[C@H](Oc2ccc3c(O)c(NC(=O)c4ccc(O)c(CC=C(C)C)c4)c(=O)oc3c2Cl)OC1(C)C. The van der Waals surface area contributed by atoms with Crippen molar-refractivity contribution < 1.29 is 48.3 Å². The van der Waals surface area contributed by atoms with E-state index in [-0.39, 0.29) is 38.7 Å². The molecule has 14 heteroatoms. The van der Waals surface area contributed by atoms with Gasteiger partial charge in [-0.15, -0.1) is 0 Å². The third-order valence-electron chi connectivity index (χ3n) is 8.07. The molecule has 0 radical (unpaired) electrons. The standard InChI is InChI=1S/C35H37ClN2O11/c1-16(2)7-9-18-15-19(10-13-22(18)39)31(42)38-25-26(40)20-11-14-23(24(36)28(20)47-33(25)44)46-34-27(41)29(30(45-6)35(4,5)49-34)48-32(43)21-12-8-17(3)37-21/h7-8,10-15,27,29-30,34,37,39-41H,9H2,1-6H3,(H,38,42)/t27-,29+,30+,34-/m1/s1. The first kappa shape index (κ1) is 35.5. The predicted molar refractivity (Wildman–Crippen MR) is 179 cm³/mol. The van der Waals surface area contributed by atoms with Gasteiger partial charge < -0.3 is 49.0 Å². The van der Waals surface area contributed by atoms with Crippen LogP contribution in [0.25, 0.3) is 11.0 Å². The Morgan fingerprint density at radius 3 is 2.51 bits per heavy atom. The zero-order valence-electron chi connectivity index (χ0n) is 27.6. The van der Waals surface area contributed by atoms with Crippen LogP contribution in [0.1, 0.15) is 59.8 Å². The average molecular weight is 697 g/mol. The molecule has 4 aromatic rings. The van der Waals surface area contributed by atoms with Gasteiger partial charge in [0.2, 0.25) is 6.29 Å². The Kier molecular flexibility index (Phi) is 10.1. The quantitative estimate of drug-likeness (QED) is 0.0859. The minimum absolute atomic E-state index is 0.00573. The number of esters is 1. The number of amides is 1. The van der Waals surface area contributed by atoms with E-state index < -0.39 is 59.1 Å². The van der Waals surface area contributed by atoms with Crippen molar-refractivity contribution >= 4 is 40.1 Å². The number of halogens is 1. The highest BCUT2D eigenvalue weighted by Gasteiger charge is 2.53. The lowest BCUT2D eigenvalue weighted by Crippen LogP contribution is -2.65. The van der Waals surface area contributed by atoms with Gasteiger partial charge in [0, 0.05) is 18.4 Å². The largest absolute Gasteiger partial charge is 0.508 e. The van der Waals surface area contributed by atoms with Crippen LogP contribution >= 0.6 is 11.6 Å². The van der Waals surface area contributed by atoms with E-state index in [2.05, 4.69) is 10.3 Å². The number of hydrogen-bond acceptors (Lipinski definition) is 11. The molecule has 1 aliphatic heterocycles. The molecule has 3 heterocycles. The van der Waals surface area contributed by atoms with Crippen LogP contribution in [-0.2, 0) is 20.6 Å². The predicted octanol–water partition coefficient (Wildman–Crippen LogP) is 5.37. The van der Waals surface area contributed by atoms with Gasteiger partial charge in [-0.1, -0.05) is 23.3 Å². The van der Waals surface area contributed by atoms with Crippen molar-refractivity contribution in [2.75, 3.05) is 12.4 Å². The van der Waals surface area contributed by atoms with E-state index in [1.165, 1.54) is 37.4 Å². The molecule has 13 nitrogen and oxygen atoms in total. The number of fused-ring (bicyclic) bond motifs is 1. The maximum atomic E-state index is 13.1. The minimum Gasteiger partial charge on any atom is -0.508 e. The van der Waals surface area contributed by atoms with E-state index in [1.807, 2.05) is 19.9 Å². The summed E-state index contributed by atoms with van der Waals surface area (Å²) in [6.07, 6.45) is -2.87. The molecule has 0 bridgehead atoms. The fraction of sp³-hybridized carbons (Fsp3) is 0.343. The summed E-state index contributed by atoms with van der Waals surface area (Å²) in [4.78, 5) is 41.9. The normalized spacial score (nSPS) is 20.1. The van der Waals surface area contributed by atoms with Crippen molar-refractivity contribution in [1.82, 2.24) is 4.98 Å². The summed E-state index contributed by atoms with van der Waals surface area (Å²) in [5, 5.41) is 34.6. The first-order valence-corrected chi connectivity index (χ1v) is 15.7. The van der Waals surface area contributed by atoms with Crippen molar-refractivity contribution in [3.8, 4) is 17.2 Å². The maximum absolute atomic E-state index is 13.1. The van der Waals surface area contributed by atoms with Gasteiger partial charge in [0.25, 0.3) is 5.91 Å². The highest BCUT2D eigenvalue weighted by molar-refractivity contribution is 6.36. The maximum Gasteiger partial charge on any atom is 0.364 e. The van der Waals surface area contributed by atoms with Gasteiger partial charge in [0.05, 0.1) is 11.0 Å². The number of rotatable bonds is 9. The number of aryl methyl sites for hydroxylation is 1. The van der Waals surface area contributed by atoms with Gasteiger partial charge in [-0.3, -0.25) is 4.79 Å². The Bertz CT molecular complexity index is 1990. The summed E-state index contributed by atoms with van der Waals surface area (Å²) < 4.78 is 28.6. The smallest absolute Gasteiger partial charge is 0.364 e. The number of aliphatic hydroxyl groups excluding tert-OH is 1. The van der Waals surface area contributed by atoms with Crippen LogP contribution in [0.4, 0.5) is 5.69 Å². The molecule has 1 aliphatic rings. The van der Waals surface area contributed by atoms with Crippen LogP contribution in [0.5, 0.6) is 17.2 Å². The van der Waals surface area contributed by atoms with Crippen LogP contribution in [0.2, 0.25) is 5.02 Å². The number of anilines is 1. The molecule has 49 heavy (non-hydrogen) atoms. The highest BCUT2D eigenvalue weighted by atomic mass is 35.5. The summed E-state index contributed by atoms with van der Waals surface area (Å²) in [6, 6.07) is 10.2. The minimum atomic E-state index is -1.56. The number of ether oxygens (including phenoxy) is 4. The van der Waals surface area contributed by atoms with E-state index in [0.717, 1.165) is 11.3 Å². The molecule has 2 aromatic heterocycles. The van der Waals surface area contributed by atoms with Crippen molar-refractivity contribution in [2.24, 2.45) is 0 Å². The van der Waals surface area contributed by atoms with Gasteiger partial charge in [0.15, 0.2) is 29.2 Å². The van der Waals surface area contributed by atoms with Crippen LogP contribution in [-0.4, -0.2) is 69.5 Å². The summed E-state index contributed by atoms with van der Waals surface area (Å²) in [5.41, 5.74) is -0.464. The Labute approximate surface area is 286 Å².